The van der Waals surface area contributed by atoms with E-state index in [-0.39, 0.29) is 69.2 Å². The Morgan fingerprint density at radius 1 is 0.952 bits per heavy atom. The zero-order valence-electron chi connectivity index (χ0n) is 35.9. The van der Waals surface area contributed by atoms with Gasteiger partial charge in [0.05, 0.1) is 6.42 Å². The Bertz CT molecular complexity index is 1820. The van der Waals surface area contributed by atoms with Gasteiger partial charge in [0, 0.05) is 31.0 Å². The molecule has 62 heavy (non-hydrogen) atoms. The van der Waals surface area contributed by atoms with Crippen LogP contribution in [-0.2, 0) is 50.5 Å². The monoisotopic (exact) mass is 884 g/mol. The molecule has 1 aromatic carbocycles. The third-order valence-corrected chi connectivity index (χ3v) is 12.5. The maximum atomic E-state index is 14.5. The Labute approximate surface area is 366 Å². The van der Waals surface area contributed by atoms with Crippen molar-refractivity contribution >= 4 is 65.0 Å². The molecule has 4 rings (SSSR count). The molecule has 1 aromatic rings. The lowest BCUT2D eigenvalue weighted by atomic mass is 9.83. The van der Waals surface area contributed by atoms with Crippen LogP contribution in [0.1, 0.15) is 103 Å². The van der Waals surface area contributed by atoms with E-state index in [4.69, 9.17) is 16.9 Å². The van der Waals surface area contributed by atoms with Gasteiger partial charge in [0.25, 0.3) is 0 Å². The number of thioether (sulfide) groups is 1. The number of carboxylic acids is 1. The topological polar surface area (TPSA) is 308 Å². The molecule has 2 bridgehead atoms. The number of fused-ring (bicyclic) bond motifs is 3. The molecule has 0 spiro atoms. The van der Waals surface area contributed by atoms with Crippen molar-refractivity contribution in [2.75, 3.05) is 18.8 Å². The van der Waals surface area contributed by atoms with Gasteiger partial charge in [-0.25, -0.2) is 0 Å². The smallest absolute Gasteiger partial charge is 0.303 e. The molecule has 3 aliphatic rings. The minimum Gasteiger partial charge on any atom is -0.481 e. The largest absolute Gasteiger partial charge is 0.481 e. The molecule has 6 atom stereocenters. The van der Waals surface area contributed by atoms with Gasteiger partial charge in [0.15, 0.2) is 5.96 Å². The Morgan fingerprint density at radius 3 is 2.32 bits per heavy atom. The number of rotatable bonds is 13. The summed E-state index contributed by atoms with van der Waals surface area (Å²) in [5.41, 5.74) is 11.8. The average Bonchev–Trinajstić information content (AvgIpc) is 3.70. The van der Waals surface area contributed by atoms with Gasteiger partial charge in [-0.05, 0) is 67.4 Å². The van der Waals surface area contributed by atoms with Gasteiger partial charge in [-0.15, -0.1) is 0 Å². The van der Waals surface area contributed by atoms with E-state index in [1.54, 1.807) is 39.0 Å². The molecule has 0 aromatic heterocycles. The van der Waals surface area contributed by atoms with E-state index in [1.807, 2.05) is 6.07 Å². The lowest BCUT2D eigenvalue weighted by molar-refractivity contribution is -0.143. The molecule has 342 valence electrons. The molecule has 0 unspecified atom stereocenters. The number of carbonyl (C=O) groups excluding carboxylic acids is 7. The molecular weight excluding hydrogens is 821 g/mol. The lowest BCUT2D eigenvalue weighted by Crippen LogP contribution is -2.61. The summed E-state index contributed by atoms with van der Waals surface area (Å²) in [6.07, 6.45) is 4.25. The minimum atomic E-state index is -1.22. The molecule has 1 saturated heterocycles. The summed E-state index contributed by atoms with van der Waals surface area (Å²) in [6, 6.07) is 0.392. The van der Waals surface area contributed by atoms with Crippen molar-refractivity contribution in [3.63, 3.8) is 0 Å². The number of nitrogens with zero attached hydrogens (tertiary/aromatic N) is 1. The standard InChI is InChI=1S/C42H64N10O9S/c1-42(2,3)34(35(43)56)51-36(57)27(14-8-18-46-41(44)45)48-37(58)29-23-62-22-25-11-7-10-24(20-25)21-31(53)47-28(16-17-32(54)55)40(61)52-19-9-15-30(52)38(59)50-33(39(60)49-29)26-12-5-4-6-13-26/h7,10-11,20,26-30,33-34H,4-6,8-9,12-19,21-23H2,1-3H3,(H2,43,56)(H,47,53)(H,48,58)(H,49,60)(H,50,59)(H,51,57)(H,54,55)(H4,44,45,46)/t27-,28-,29-,30-,33-,34+/m0/s1. The molecule has 2 heterocycles. The van der Waals surface area contributed by atoms with Gasteiger partial charge >= 0.3 is 5.97 Å². The van der Waals surface area contributed by atoms with Gasteiger partial charge in [0.1, 0.15) is 36.3 Å². The summed E-state index contributed by atoms with van der Waals surface area (Å²) in [5.74, 6) is -5.72. The van der Waals surface area contributed by atoms with Gasteiger partial charge in [-0.3, -0.25) is 43.8 Å². The first-order valence-corrected chi connectivity index (χ1v) is 22.6. The minimum absolute atomic E-state index is 0.0376. The molecule has 2 aliphatic heterocycles. The van der Waals surface area contributed by atoms with Crippen molar-refractivity contribution in [1.82, 2.24) is 36.8 Å². The molecule has 12 N–H and O–H groups in total. The fourth-order valence-electron chi connectivity index (χ4n) is 8.17. The van der Waals surface area contributed by atoms with Gasteiger partial charge in [-0.1, -0.05) is 64.3 Å². The van der Waals surface area contributed by atoms with Crippen LogP contribution < -0.4 is 43.4 Å². The second-order valence-electron chi connectivity index (χ2n) is 17.5. The number of benzene rings is 1. The van der Waals surface area contributed by atoms with Crippen molar-refractivity contribution in [3.05, 3.63) is 35.4 Å². The summed E-state index contributed by atoms with van der Waals surface area (Å²) in [5, 5.41) is 33.6. The SMILES string of the molecule is CC(C)(C)[C@H](NC(=O)[C@H](CCCNC(=N)N)NC(=O)[C@@H]1CSCc2cccc(c2)CC(=O)N[C@@H](CCC(=O)O)C(=O)N2CCC[C@H]2C(=O)N[C@@H](C2CCCCC2)C(=O)N1)C(N)=O. The maximum Gasteiger partial charge on any atom is 0.303 e. The number of nitrogens with two attached hydrogens (primary N) is 2. The fraction of sp³-hybridized carbons (Fsp3) is 0.643. The molecular formula is C42H64N10O9S. The number of nitrogens with one attached hydrogen (secondary N) is 7. The van der Waals surface area contributed by atoms with Crippen LogP contribution in [0.4, 0.5) is 0 Å². The average molecular weight is 885 g/mol. The first-order valence-electron chi connectivity index (χ1n) is 21.4. The van der Waals surface area contributed by atoms with Crippen LogP contribution in [0.5, 0.6) is 0 Å². The molecule has 7 amide bonds. The summed E-state index contributed by atoms with van der Waals surface area (Å²) in [6.45, 7) is 5.60. The van der Waals surface area contributed by atoms with Crippen LogP contribution in [0.15, 0.2) is 24.3 Å². The van der Waals surface area contributed by atoms with Crippen LogP contribution in [0.3, 0.4) is 0 Å². The highest BCUT2D eigenvalue weighted by Gasteiger charge is 2.41. The Morgan fingerprint density at radius 2 is 1.66 bits per heavy atom. The van der Waals surface area contributed by atoms with Crippen molar-refractivity contribution in [2.24, 2.45) is 22.8 Å². The number of amides is 7. The van der Waals surface area contributed by atoms with E-state index < -0.39 is 89.0 Å². The Balaban J connectivity index is 1.69. The van der Waals surface area contributed by atoms with Crippen molar-refractivity contribution in [2.45, 2.75) is 140 Å². The van der Waals surface area contributed by atoms with Gasteiger partial charge < -0.3 is 53.4 Å². The predicted molar refractivity (Wildman–Crippen MR) is 232 cm³/mol. The highest BCUT2D eigenvalue weighted by atomic mass is 32.2. The summed E-state index contributed by atoms with van der Waals surface area (Å²) >= 11 is 1.32. The zero-order chi connectivity index (χ0) is 45.6. The van der Waals surface area contributed by atoms with Crippen molar-refractivity contribution in [3.8, 4) is 0 Å². The molecule has 19 nitrogen and oxygen atoms in total. The zero-order valence-corrected chi connectivity index (χ0v) is 36.7. The summed E-state index contributed by atoms with van der Waals surface area (Å²) < 4.78 is 0. The second kappa shape index (κ2) is 23.2. The fourth-order valence-corrected chi connectivity index (χ4v) is 9.17. The van der Waals surface area contributed by atoms with Crippen LogP contribution in [-0.4, -0.2) is 118 Å². The summed E-state index contributed by atoms with van der Waals surface area (Å²) in [4.78, 5) is 110. The van der Waals surface area contributed by atoms with E-state index in [0.717, 1.165) is 24.8 Å². The maximum absolute atomic E-state index is 14.5. The van der Waals surface area contributed by atoms with E-state index in [0.29, 0.717) is 30.6 Å². The molecule has 0 radical (unpaired) electrons. The number of primary amides is 1. The second-order valence-corrected chi connectivity index (χ2v) is 18.5. The third kappa shape index (κ3) is 14.9. The van der Waals surface area contributed by atoms with Gasteiger partial charge in [0.2, 0.25) is 41.4 Å². The normalized spacial score (nSPS) is 23.1. The third-order valence-electron chi connectivity index (χ3n) is 11.4. The highest BCUT2D eigenvalue weighted by molar-refractivity contribution is 7.98. The first-order chi connectivity index (χ1) is 29.3. The van der Waals surface area contributed by atoms with Crippen LogP contribution in [0.2, 0.25) is 0 Å². The summed E-state index contributed by atoms with van der Waals surface area (Å²) in [7, 11) is 0. The van der Waals surface area contributed by atoms with E-state index in [9.17, 15) is 43.5 Å². The van der Waals surface area contributed by atoms with E-state index in [2.05, 4.69) is 31.9 Å². The van der Waals surface area contributed by atoms with Crippen LogP contribution in [0.25, 0.3) is 0 Å². The van der Waals surface area contributed by atoms with E-state index >= 15 is 0 Å². The molecule has 2 fully saturated rings. The number of hydrogen-bond donors (Lipinski definition) is 10. The quantitative estimate of drug-likeness (QED) is 0.0719. The predicted octanol–water partition coefficient (Wildman–Crippen LogP) is 0.131. The van der Waals surface area contributed by atoms with Crippen molar-refractivity contribution < 1.29 is 43.5 Å². The molecule has 20 heteroatoms. The number of carbonyl (C=O) groups is 8. The lowest BCUT2D eigenvalue weighted by Gasteiger charge is -2.34. The number of hydrogen-bond acceptors (Lipinski definition) is 10. The van der Waals surface area contributed by atoms with Crippen LogP contribution in [0, 0.1) is 16.7 Å². The number of guanidine groups is 1. The van der Waals surface area contributed by atoms with Crippen molar-refractivity contribution in [1.29, 1.82) is 5.41 Å². The van der Waals surface area contributed by atoms with Crippen LogP contribution >= 0.6 is 11.8 Å². The molecule has 1 saturated carbocycles. The number of aliphatic carboxylic acids is 1. The van der Waals surface area contributed by atoms with E-state index in [1.165, 1.54) is 16.7 Å². The first kappa shape index (κ1) is 49.3. The Hall–Kier alpha value is -5.40. The molecule has 1 aliphatic carbocycles. The number of carboxylic acid groups (broad SMARTS) is 1. The Kier molecular flexibility index (Phi) is 18.4. The van der Waals surface area contributed by atoms with Gasteiger partial charge in [-0.2, -0.15) is 11.8 Å². The highest BCUT2D eigenvalue weighted by Crippen LogP contribution is 2.28.